The van der Waals surface area contributed by atoms with Gasteiger partial charge in [-0.1, -0.05) is 6.07 Å². The predicted octanol–water partition coefficient (Wildman–Crippen LogP) is 0.623. The minimum atomic E-state index is 0. The van der Waals surface area contributed by atoms with Gasteiger partial charge in [0.2, 0.25) is 0 Å². The standard InChI is InChI=1S/C11H9ClNS.Li/c1-8-7-14-11(13-8)10(12)9-5-3-2-4-6-9;/h2-7H,1H3;/q-1;+1. The molecule has 1 aromatic heterocycles. The van der Waals surface area contributed by atoms with Gasteiger partial charge in [-0.3, -0.25) is 4.98 Å². The Labute approximate surface area is 111 Å². The number of nitrogens with zero attached hydrogens (tertiary/aromatic N) is 1. The molecule has 0 aliphatic rings. The fourth-order valence-corrected chi connectivity index (χ4v) is 2.22. The van der Waals surface area contributed by atoms with Crippen LogP contribution in [0.25, 0.3) is 0 Å². The van der Waals surface area contributed by atoms with Crippen LogP contribution in [0.3, 0.4) is 0 Å². The van der Waals surface area contributed by atoms with Crippen LogP contribution in [-0.2, 0) is 0 Å². The summed E-state index contributed by atoms with van der Waals surface area (Å²) in [7, 11) is 0. The summed E-state index contributed by atoms with van der Waals surface area (Å²) in [6.07, 6.45) is 0. The van der Waals surface area contributed by atoms with Crippen LogP contribution in [0.1, 0.15) is 16.3 Å². The number of halogens is 1. The van der Waals surface area contributed by atoms with Crippen LogP contribution in [0.2, 0.25) is 0 Å². The first-order valence-electron chi connectivity index (χ1n) is 4.28. The molecule has 1 heterocycles. The maximum Gasteiger partial charge on any atom is 1.00 e. The van der Waals surface area contributed by atoms with E-state index >= 15 is 0 Å². The summed E-state index contributed by atoms with van der Waals surface area (Å²) >= 11 is 7.78. The van der Waals surface area contributed by atoms with Gasteiger partial charge in [-0.15, -0.1) is 23.5 Å². The molecule has 0 fully saturated rings. The van der Waals surface area contributed by atoms with Gasteiger partial charge in [0, 0.05) is 11.1 Å². The van der Waals surface area contributed by atoms with E-state index in [2.05, 4.69) is 4.98 Å². The van der Waals surface area contributed by atoms with Crippen LogP contribution in [0.5, 0.6) is 0 Å². The van der Waals surface area contributed by atoms with Crippen molar-refractivity contribution in [3.8, 4) is 0 Å². The maximum atomic E-state index is 6.21. The van der Waals surface area contributed by atoms with E-state index in [-0.39, 0.29) is 18.9 Å². The summed E-state index contributed by atoms with van der Waals surface area (Å²) in [5, 5.41) is 3.61. The molecule has 0 atom stereocenters. The van der Waals surface area contributed by atoms with Crippen molar-refractivity contribution < 1.29 is 18.9 Å². The molecule has 0 unspecified atom stereocenters. The Hall–Kier alpha value is -0.393. The molecule has 2 rings (SSSR count). The molecule has 15 heavy (non-hydrogen) atoms. The number of hydrogen-bond donors (Lipinski definition) is 0. The number of aromatic nitrogens is 1. The van der Waals surface area contributed by atoms with Gasteiger partial charge >= 0.3 is 18.9 Å². The van der Waals surface area contributed by atoms with Gasteiger partial charge in [0.15, 0.2) is 0 Å². The predicted molar refractivity (Wildman–Crippen MR) is 60.6 cm³/mol. The molecule has 0 spiro atoms. The Morgan fingerprint density at radius 1 is 1.27 bits per heavy atom. The van der Waals surface area contributed by atoms with Crippen LogP contribution >= 0.6 is 22.9 Å². The molecule has 0 amide bonds. The molecule has 1 aromatic carbocycles. The van der Waals surface area contributed by atoms with Crippen molar-refractivity contribution in [2.45, 2.75) is 6.92 Å². The van der Waals surface area contributed by atoms with Crippen LogP contribution in [0.15, 0.2) is 35.7 Å². The largest absolute Gasteiger partial charge is 1.00 e. The Morgan fingerprint density at radius 3 is 2.47 bits per heavy atom. The van der Waals surface area contributed by atoms with Crippen molar-refractivity contribution in [1.29, 1.82) is 0 Å². The third-order valence-electron chi connectivity index (χ3n) is 1.83. The molecule has 0 bridgehead atoms. The first kappa shape index (κ1) is 12.7. The zero-order chi connectivity index (χ0) is 9.97. The van der Waals surface area contributed by atoms with Crippen LogP contribution in [-0.4, -0.2) is 4.98 Å². The van der Waals surface area contributed by atoms with Crippen molar-refractivity contribution >= 4 is 22.9 Å². The van der Waals surface area contributed by atoms with E-state index < -0.39 is 0 Å². The fraction of sp³-hybridized carbons (Fsp3) is 0.0909. The van der Waals surface area contributed by atoms with Crippen molar-refractivity contribution in [1.82, 2.24) is 4.98 Å². The third kappa shape index (κ3) is 3.03. The average molecular weight is 230 g/mol. The number of rotatable bonds is 2. The van der Waals surface area contributed by atoms with Gasteiger partial charge in [-0.05, 0) is 12.3 Å². The maximum absolute atomic E-state index is 6.21. The van der Waals surface area contributed by atoms with E-state index in [1.807, 2.05) is 42.6 Å². The van der Waals surface area contributed by atoms with Gasteiger partial charge in [-0.2, -0.15) is 29.3 Å². The van der Waals surface area contributed by atoms with Crippen molar-refractivity contribution in [2.75, 3.05) is 0 Å². The molecular weight excluding hydrogens is 221 g/mol. The summed E-state index contributed by atoms with van der Waals surface area (Å²) in [6.45, 7) is 1.97. The van der Waals surface area contributed by atoms with E-state index in [1.54, 1.807) is 11.3 Å². The SMILES string of the molecule is Cc1csc([C-](Cl)c2ccccc2)n1.[Li+]. The van der Waals surface area contributed by atoms with Crippen molar-refractivity contribution in [2.24, 2.45) is 0 Å². The molecule has 0 radical (unpaired) electrons. The van der Waals surface area contributed by atoms with Crippen LogP contribution in [0.4, 0.5) is 0 Å². The van der Waals surface area contributed by atoms with Crippen molar-refractivity contribution in [3.63, 3.8) is 0 Å². The molecule has 4 heteroatoms. The second kappa shape index (κ2) is 5.63. The fourth-order valence-electron chi connectivity index (χ4n) is 1.16. The Kier molecular flexibility index (Phi) is 4.75. The summed E-state index contributed by atoms with van der Waals surface area (Å²) in [4.78, 5) is 4.34. The molecule has 72 valence electrons. The minimum Gasteiger partial charge on any atom is -0.254 e. The number of benzene rings is 1. The number of aryl methyl sites for hydroxylation is 1. The smallest absolute Gasteiger partial charge is 0.254 e. The van der Waals surface area contributed by atoms with E-state index in [0.717, 1.165) is 21.6 Å². The van der Waals surface area contributed by atoms with Crippen molar-refractivity contribution in [3.05, 3.63) is 57.4 Å². The second-order valence-electron chi connectivity index (χ2n) is 2.97. The summed E-state index contributed by atoms with van der Waals surface area (Å²) in [5.74, 6) is 0. The van der Waals surface area contributed by atoms with Gasteiger partial charge in [0.25, 0.3) is 0 Å². The molecule has 0 N–H and O–H groups in total. The second-order valence-corrected chi connectivity index (χ2v) is 4.21. The average Bonchev–Trinajstić information content (AvgIpc) is 2.65. The van der Waals surface area contributed by atoms with Gasteiger partial charge in [-0.25, -0.2) is 0 Å². The van der Waals surface area contributed by atoms with E-state index in [9.17, 15) is 0 Å². The summed E-state index contributed by atoms with van der Waals surface area (Å²) < 4.78 is 0. The zero-order valence-corrected chi connectivity index (χ0v) is 10.3. The van der Waals surface area contributed by atoms with E-state index in [0.29, 0.717) is 0 Å². The van der Waals surface area contributed by atoms with Gasteiger partial charge in [0.1, 0.15) is 0 Å². The topological polar surface area (TPSA) is 12.9 Å². The quantitative estimate of drug-likeness (QED) is 0.544. The summed E-state index contributed by atoms with van der Waals surface area (Å²) in [5.41, 5.74) is 2.03. The molecule has 1 nitrogen and oxygen atoms in total. The van der Waals surface area contributed by atoms with E-state index in [4.69, 9.17) is 11.6 Å². The van der Waals surface area contributed by atoms with Crippen LogP contribution < -0.4 is 18.9 Å². The molecule has 0 saturated heterocycles. The molecule has 0 aliphatic carbocycles. The normalized spacial score (nSPS) is 9.47. The monoisotopic (exact) mass is 229 g/mol. The first-order chi connectivity index (χ1) is 6.77. The third-order valence-corrected chi connectivity index (χ3v) is 3.32. The van der Waals surface area contributed by atoms with Crippen LogP contribution in [0, 0.1) is 12.3 Å². The Morgan fingerprint density at radius 2 is 1.93 bits per heavy atom. The Bertz CT molecular complexity index is 416. The summed E-state index contributed by atoms with van der Waals surface area (Å²) in [6, 6.07) is 9.88. The minimum absolute atomic E-state index is 0. The zero-order valence-electron chi connectivity index (χ0n) is 8.70. The molecule has 0 saturated carbocycles. The van der Waals surface area contributed by atoms with Gasteiger partial charge in [0.05, 0.1) is 5.01 Å². The van der Waals surface area contributed by atoms with E-state index in [1.165, 1.54) is 0 Å². The number of hydrogen-bond acceptors (Lipinski definition) is 2. The van der Waals surface area contributed by atoms with Gasteiger partial charge < -0.3 is 0 Å². The molecule has 0 aliphatic heterocycles. The molecule has 2 aromatic rings. The first-order valence-corrected chi connectivity index (χ1v) is 5.53. The molecular formula is C11H9ClLiNS. The Balaban J connectivity index is 0.00000112. The number of thiazole rings is 1.